The van der Waals surface area contributed by atoms with Crippen LogP contribution in [0.1, 0.15) is 6.92 Å². The first kappa shape index (κ1) is 23.2. The van der Waals surface area contributed by atoms with Crippen molar-refractivity contribution in [2.24, 2.45) is 0 Å². The Kier molecular flexibility index (Phi) is 6.66. The van der Waals surface area contributed by atoms with Gasteiger partial charge in [-0.3, -0.25) is 9.10 Å². The quantitative estimate of drug-likeness (QED) is 0.649. The van der Waals surface area contributed by atoms with Gasteiger partial charge in [-0.15, -0.1) is 0 Å². The van der Waals surface area contributed by atoms with Crippen LogP contribution in [0, 0.1) is 0 Å². The Balaban J connectivity index is 1.55. The molecule has 176 valence electrons. The van der Waals surface area contributed by atoms with Crippen LogP contribution in [0.3, 0.4) is 0 Å². The summed E-state index contributed by atoms with van der Waals surface area (Å²) >= 11 is 5.92. The Morgan fingerprint density at radius 3 is 2.33 bits per heavy atom. The number of carbonyl (C=O) groups is 2. The standard InChI is InChI=1S/C22H24ClN3O6S/c1-2-31-22(28)25-13-11-24(12-14-25)21(27)20-15-26(18-5-3-4-6-19(18)32-20)33(29,30)17-9-7-16(23)8-10-17/h3-10,20H,2,11-15H2,1H3/t20-/m0/s1. The minimum Gasteiger partial charge on any atom is -0.476 e. The first-order chi connectivity index (χ1) is 15.8. The molecule has 0 radical (unpaired) electrons. The molecule has 1 fully saturated rings. The van der Waals surface area contributed by atoms with Crippen molar-refractivity contribution in [1.82, 2.24) is 9.80 Å². The molecule has 2 aliphatic rings. The second-order valence-electron chi connectivity index (χ2n) is 7.58. The van der Waals surface area contributed by atoms with E-state index in [1.807, 2.05) is 0 Å². The largest absolute Gasteiger partial charge is 0.476 e. The molecule has 2 aromatic rings. The van der Waals surface area contributed by atoms with E-state index in [-0.39, 0.29) is 24.0 Å². The predicted molar refractivity (Wildman–Crippen MR) is 122 cm³/mol. The molecule has 1 atom stereocenters. The highest BCUT2D eigenvalue weighted by Crippen LogP contribution is 2.37. The summed E-state index contributed by atoms with van der Waals surface area (Å²) in [5.74, 6) is -0.0193. The summed E-state index contributed by atoms with van der Waals surface area (Å²) in [5, 5.41) is 0.423. The Hall–Kier alpha value is -2.98. The van der Waals surface area contributed by atoms with Crippen molar-refractivity contribution >= 4 is 39.3 Å². The summed E-state index contributed by atoms with van der Waals surface area (Å²) in [7, 11) is -3.96. The number of carbonyl (C=O) groups excluding carboxylic acids is 2. The van der Waals surface area contributed by atoms with Gasteiger partial charge in [-0.05, 0) is 43.3 Å². The van der Waals surface area contributed by atoms with E-state index >= 15 is 0 Å². The molecule has 1 saturated heterocycles. The number of hydrogen-bond acceptors (Lipinski definition) is 6. The van der Waals surface area contributed by atoms with Crippen molar-refractivity contribution in [3.63, 3.8) is 0 Å². The van der Waals surface area contributed by atoms with Crippen molar-refractivity contribution in [2.45, 2.75) is 17.9 Å². The number of piperazine rings is 1. The van der Waals surface area contributed by atoms with Gasteiger partial charge in [-0.25, -0.2) is 13.2 Å². The number of halogens is 1. The number of sulfonamides is 1. The van der Waals surface area contributed by atoms with Crippen LogP contribution in [0.2, 0.25) is 5.02 Å². The van der Waals surface area contributed by atoms with Crippen LogP contribution >= 0.6 is 11.6 Å². The molecule has 0 unspecified atom stereocenters. The molecule has 0 aliphatic carbocycles. The van der Waals surface area contributed by atoms with E-state index in [4.69, 9.17) is 21.1 Å². The number of fused-ring (bicyclic) bond motifs is 1. The minimum atomic E-state index is -3.96. The van der Waals surface area contributed by atoms with E-state index in [9.17, 15) is 18.0 Å². The molecule has 2 aliphatic heterocycles. The van der Waals surface area contributed by atoms with Crippen LogP contribution in [-0.4, -0.2) is 75.7 Å². The van der Waals surface area contributed by atoms with Crippen LogP contribution in [0.15, 0.2) is 53.4 Å². The smallest absolute Gasteiger partial charge is 0.409 e. The van der Waals surface area contributed by atoms with Crippen LogP contribution < -0.4 is 9.04 Å². The monoisotopic (exact) mass is 493 g/mol. The number of amides is 2. The van der Waals surface area contributed by atoms with Gasteiger partial charge < -0.3 is 19.3 Å². The summed E-state index contributed by atoms with van der Waals surface area (Å²) < 4.78 is 39.0. The second kappa shape index (κ2) is 9.48. The number of rotatable bonds is 4. The molecule has 2 aromatic carbocycles. The molecule has 0 aromatic heterocycles. The Morgan fingerprint density at radius 1 is 1.03 bits per heavy atom. The molecule has 0 spiro atoms. The van der Waals surface area contributed by atoms with E-state index in [2.05, 4.69) is 0 Å². The first-order valence-corrected chi connectivity index (χ1v) is 12.4. The SMILES string of the molecule is CCOC(=O)N1CCN(C(=O)[C@@H]2CN(S(=O)(=O)c3ccc(Cl)cc3)c3ccccc3O2)CC1. The molecule has 4 rings (SSSR count). The van der Waals surface area contributed by atoms with E-state index < -0.39 is 22.2 Å². The summed E-state index contributed by atoms with van der Waals surface area (Å²) in [4.78, 5) is 28.4. The topological polar surface area (TPSA) is 96.5 Å². The van der Waals surface area contributed by atoms with Gasteiger partial charge in [0.1, 0.15) is 5.75 Å². The van der Waals surface area contributed by atoms with Crippen LogP contribution in [-0.2, 0) is 19.6 Å². The Labute approximate surface area is 197 Å². The summed E-state index contributed by atoms with van der Waals surface area (Å²) in [6.07, 6.45) is -1.43. The highest BCUT2D eigenvalue weighted by molar-refractivity contribution is 7.92. The molecule has 9 nitrogen and oxygen atoms in total. The molecule has 2 heterocycles. The number of hydrogen-bond donors (Lipinski definition) is 0. The van der Waals surface area contributed by atoms with Crippen molar-refractivity contribution in [3.8, 4) is 5.75 Å². The van der Waals surface area contributed by atoms with Crippen LogP contribution in [0.25, 0.3) is 0 Å². The molecule has 2 amide bonds. The highest BCUT2D eigenvalue weighted by Gasteiger charge is 2.39. The number of ether oxygens (including phenoxy) is 2. The fraction of sp³-hybridized carbons (Fsp3) is 0.364. The molecule has 0 bridgehead atoms. The molecular formula is C22H24ClN3O6S. The zero-order chi connectivity index (χ0) is 23.6. The normalized spacial score (nSPS) is 18.4. The number of nitrogens with zero attached hydrogens (tertiary/aromatic N) is 3. The third kappa shape index (κ3) is 4.72. The Bertz CT molecular complexity index is 1130. The van der Waals surface area contributed by atoms with Crippen molar-refractivity contribution in [2.75, 3.05) is 43.6 Å². The number of benzene rings is 2. The van der Waals surface area contributed by atoms with Gasteiger partial charge in [0.05, 0.1) is 23.7 Å². The van der Waals surface area contributed by atoms with Gasteiger partial charge in [0.2, 0.25) is 0 Å². The van der Waals surface area contributed by atoms with Gasteiger partial charge in [-0.1, -0.05) is 23.7 Å². The van der Waals surface area contributed by atoms with E-state index in [0.717, 1.165) is 0 Å². The zero-order valence-electron chi connectivity index (χ0n) is 18.0. The predicted octanol–water partition coefficient (Wildman–Crippen LogP) is 2.60. The third-order valence-electron chi connectivity index (χ3n) is 5.53. The lowest BCUT2D eigenvalue weighted by Gasteiger charge is -2.39. The summed E-state index contributed by atoms with van der Waals surface area (Å²) in [5.41, 5.74) is 0.364. The van der Waals surface area contributed by atoms with Gasteiger partial charge in [0.25, 0.3) is 15.9 Å². The van der Waals surface area contributed by atoms with Gasteiger partial charge in [0, 0.05) is 31.2 Å². The summed E-state index contributed by atoms with van der Waals surface area (Å²) in [6, 6.07) is 12.6. The molecule has 33 heavy (non-hydrogen) atoms. The fourth-order valence-corrected chi connectivity index (χ4v) is 5.42. The maximum atomic E-state index is 13.4. The van der Waals surface area contributed by atoms with Crippen LogP contribution in [0.5, 0.6) is 5.75 Å². The average Bonchev–Trinajstić information content (AvgIpc) is 2.83. The lowest BCUT2D eigenvalue weighted by atomic mass is 10.2. The van der Waals surface area contributed by atoms with Crippen molar-refractivity contribution in [3.05, 3.63) is 53.6 Å². The molecule has 11 heteroatoms. The fourth-order valence-electron chi connectivity index (χ4n) is 3.82. The Morgan fingerprint density at radius 2 is 1.67 bits per heavy atom. The first-order valence-electron chi connectivity index (χ1n) is 10.6. The third-order valence-corrected chi connectivity index (χ3v) is 7.58. The van der Waals surface area contributed by atoms with Gasteiger partial charge in [0.15, 0.2) is 6.10 Å². The number of anilines is 1. The maximum Gasteiger partial charge on any atom is 0.409 e. The highest BCUT2D eigenvalue weighted by atomic mass is 35.5. The van der Waals surface area contributed by atoms with Crippen molar-refractivity contribution in [1.29, 1.82) is 0 Å². The minimum absolute atomic E-state index is 0.0675. The average molecular weight is 494 g/mol. The molecule has 0 saturated carbocycles. The van der Waals surface area contributed by atoms with E-state index in [1.54, 1.807) is 41.0 Å². The second-order valence-corrected chi connectivity index (χ2v) is 9.87. The maximum absolute atomic E-state index is 13.4. The van der Waals surface area contributed by atoms with Gasteiger partial charge >= 0.3 is 6.09 Å². The van der Waals surface area contributed by atoms with Crippen molar-refractivity contribution < 1.29 is 27.5 Å². The molecule has 0 N–H and O–H groups in total. The number of para-hydroxylation sites is 2. The molecular weight excluding hydrogens is 470 g/mol. The zero-order valence-corrected chi connectivity index (χ0v) is 19.6. The van der Waals surface area contributed by atoms with E-state index in [1.165, 1.54) is 28.6 Å². The summed E-state index contributed by atoms with van der Waals surface area (Å²) in [6.45, 7) is 3.14. The van der Waals surface area contributed by atoms with E-state index in [0.29, 0.717) is 42.6 Å². The lowest BCUT2D eigenvalue weighted by Crippen LogP contribution is -2.57. The van der Waals surface area contributed by atoms with Gasteiger partial charge in [-0.2, -0.15) is 0 Å². The van der Waals surface area contributed by atoms with Crippen LogP contribution in [0.4, 0.5) is 10.5 Å². The lowest BCUT2D eigenvalue weighted by molar-refractivity contribution is -0.140.